The van der Waals surface area contributed by atoms with Crippen molar-refractivity contribution in [3.05, 3.63) is 59.2 Å². The Morgan fingerprint density at radius 1 is 1.03 bits per heavy atom. The van der Waals surface area contributed by atoms with E-state index in [-0.39, 0.29) is 16.9 Å². The third-order valence-corrected chi connectivity index (χ3v) is 7.22. The van der Waals surface area contributed by atoms with E-state index in [0.29, 0.717) is 35.0 Å². The number of piperidine rings is 2. The second-order valence-corrected chi connectivity index (χ2v) is 11.7. The first kappa shape index (κ1) is 25.4. The molecule has 1 N–H and O–H groups in total. The first-order valence-corrected chi connectivity index (χ1v) is 13.0. The second kappa shape index (κ2) is 10.5. The number of rotatable bonds is 7. The standard InChI is InChI=1S/C30H39N3O2/c1-29(2)18-22(19-30(3,4)32-29)17-27(34)23-11-13-25(14-12-23)35-28-10-8-9-24(26(28)20-31)21-33-15-6-5-7-16-33/h8-14,22,32H,5-7,15-19,21H2,1-4H3. The van der Waals surface area contributed by atoms with Gasteiger partial charge in [0.2, 0.25) is 0 Å². The van der Waals surface area contributed by atoms with E-state index in [9.17, 15) is 10.1 Å². The molecule has 2 aromatic rings. The van der Waals surface area contributed by atoms with Crippen molar-refractivity contribution in [1.82, 2.24) is 10.2 Å². The summed E-state index contributed by atoms with van der Waals surface area (Å²) < 4.78 is 6.11. The third kappa shape index (κ3) is 6.72. The number of carbonyl (C=O) groups is 1. The van der Waals surface area contributed by atoms with Gasteiger partial charge in [0.1, 0.15) is 17.6 Å². The summed E-state index contributed by atoms with van der Waals surface area (Å²) in [6, 6.07) is 15.5. The maximum atomic E-state index is 13.0. The van der Waals surface area contributed by atoms with Gasteiger partial charge in [0, 0.05) is 29.6 Å². The Kier molecular flexibility index (Phi) is 7.64. The highest BCUT2D eigenvalue weighted by Gasteiger charge is 2.38. The van der Waals surface area contributed by atoms with Gasteiger partial charge in [0.25, 0.3) is 0 Å². The van der Waals surface area contributed by atoms with Crippen LogP contribution in [0.1, 0.15) is 87.7 Å². The van der Waals surface area contributed by atoms with Gasteiger partial charge in [-0.25, -0.2) is 0 Å². The van der Waals surface area contributed by atoms with Gasteiger partial charge in [-0.1, -0.05) is 18.6 Å². The number of ketones is 1. The number of ether oxygens (including phenoxy) is 1. The summed E-state index contributed by atoms with van der Waals surface area (Å²) in [4.78, 5) is 15.4. The van der Waals surface area contributed by atoms with Crippen LogP contribution in [0.4, 0.5) is 0 Å². The van der Waals surface area contributed by atoms with Crippen molar-refractivity contribution in [1.29, 1.82) is 5.26 Å². The van der Waals surface area contributed by atoms with Gasteiger partial charge in [-0.05, 0) is 108 Å². The average Bonchev–Trinajstić information content (AvgIpc) is 2.78. The highest BCUT2D eigenvalue weighted by Crippen LogP contribution is 2.35. The van der Waals surface area contributed by atoms with Crippen LogP contribution in [-0.4, -0.2) is 34.9 Å². The van der Waals surface area contributed by atoms with Crippen LogP contribution in [-0.2, 0) is 6.54 Å². The Hall–Kier alpha value is -2.68. The van der Waals surface area contributed by atoms with Gasteiger partial charge < -0.3 is 10.1 Å². The second-order valence-electron chi connectivity index (χ2n) is 11.7. The molecule has 2 saturated heterocycles. The molecule has 186 valence electrons. The molecule has 0 amide bonds. The summed E-state index contributed by atoms with van der Waals surface area (Å²) in [6.07, 6.45) is 6.28. The molecule has 5 nitrogen and oxygen atoms in total. The molecule has 0 radical (unpaired) electrons. The van der Waals surface area contributed by atoms with Crippen molar-refractivity contribution >= 4 is 5.78 Å². The lowest BCUT2D eigenvalue weighted by molar-refractivity contribution is 0.0864. The number of nitrogens with one attached hydrogen (secondary N) is 1. The Morgan fingerprint density at radius 3 is 2.31 bits per heavy atom. The Morgan fingerprint density at radius 2 is 1.69 bits per heavy atom. The van der Waals surface area contributed by atoms with Gasteiger partial charge in [-0.3, -0.25) is 9.69 Å². The van der Waals surface area contributed by atoms with Gasteiger partial charge in [-0.15, -0.1) is 0 Å². The predicted molar refractivity (Wildman–Crippen MR) is 140 cm³/mol. The van der Waals surface area contributed by atoms with Gasteiger partial charge in [-0.2, -0.15) is 5.26 Å². The van der Waals surface area contributed by atoms with Crippen LogP contribution in [0.2, 0.25) is 0 Å². The Balaban J connectivity index is 1.41. The fraction of sp³-hybridized carbons (Fsp3) is 0.533. The summed E-state index contributed by atoms with van der Waals surface area (Å²) in [5.41, 5.74) is 2.38. The van der Waals surface area contributed by atoms with E-state index >= 15 is 0 Å². The number of nitrogens with zero attached hydrogens (tertiary/aromatic N) is 2. The highest BCUT2D eigenvalue weighted by atomic mass is 16.5. The number of hydrogen-bond acceptors (Lipinski definition) is 5. The van der Waals surface area contributed by atoms with Crippen LogP contribution in [0.15, 0.2) is 42.5 Å². The first-order valence-electron chi connectivity index (χ1n) is 13.0. The fourth-order valence-electron chi connectivity index (χ4n) is 6.17. The number of carbonyl (C=O) groups excluding carboxylic acids is 1. The minimum atomic E-state index is 0.0331. The van der Waals surface area contributed by atoms with Crippen molar-refractivity contribution in [3.63, 3.8) is 0 Å². The van der Waals surface area contributed by atoms with Crippen molar-refractivity contribution in [2.75, 3.05) is 13.1 Å². The lowest BCUT2D eigenvalue weighted by Gasteiger charge is -2.46. The van der Waals surface area contributed by atoms with Crippen molar-refractivity contribution in [3.8, 4) is 17.6 Å². The SMILES string of the molecule is CC1(C)CC(CC(=O)c2ccc(Oc3cccc(CN4CCCCC4)c3C#N)cc2)CC(C)(C)N1. The smallest absolute Gasteiger partial charge is 0.163 e. The van der Waals surface area contributed by atoms with E-state index in [2.05, 4.69) is 44.0 Å². The van der Waals surface area contributed by atoms with Gasteiger partial charge in [0.05, 0.1) is 5.56 Å². The van der Waals surface area contributed by atoms with E-state index in [1.54, 1.807) is 0 Å². The molecule has 0 saturated carbocycles. The summed E-state index contributed by atoms with van der Waals surface area (Å²) in [7, 11) is 0. The molecule has 5 heteroatoms. The van der Waals surface area contributed by atoms with Crippen LogP contribution in [0.25, 0.3) is 0 Å². The molecule has 35 heavy (non-hydrogen) atoms. The Bertz CT molecular complexity index is 1060. The number of Topliss-reactive ketones (excluding diaryl/α,β-unsaturated/α-hetero) is 1. The third-order valence-electron chi connectivity index (χ3n) is 7.22. The molecule has 0 aromatic heterocycles. The summed E-state index contributed by atoms with van der Waals surface area (Å²) in [5.74, 6) is 1.75. The van der Waals surface area contributed by atoms with Gasteiger partial charge >= 0.3 is 0 Å². The molecular formula is C30H39N3O2. The van der Waals surface area contributed by atoms with E-state index in [1.807, 2.05) is 42.5 Å². The molecule has 4 rings (SSSR count). The maximum absolute atomic E-state index is 13.0. The molecule has 0 aliphatic carbocycles. The minimum absolute atomic E-state index is 0.0331. The molecule has 2 aromatic carbocycles. The monoisotopic (exact) mass is 473 g/mol. The van der Waals surface area contributed by atoms with Crippen LogP contribution in [0.3, 0.4) is 0 Å². The summed E-state index contributed by atoms with van der Waals surface area (Å²) >= 11 is 0. The lowest BCUT2D eigenvalue weighted by atomic mass is 9.74. The zero-order valence-corrected chi connectivity index (χ0v) is 21.7. The van der Waals surface area contributed by atoms with E-state index in [1.165, 1.54) is 19.3 Å². The molecular weight excluding hydrogens is 434 g/mol. The maximum Gasteiger partial charge on any atom is 0.163 e. The normalized spacial score (nSPS) is 20.2. The first-order chi connectivity index (χ1) is 16.6. The quantitative estimate of drug-likeness (QED) is 0.467. The summed E-state index contributed by atoms with van der Waals surface area (Å²) in [5, 5.41) is 13.5. The van der Waals surface area contributed by atoms with Crippen LogP contribution in [0.5, 0.6) is 11.5 Å². The van der Waals surface area contributed by atoms with Crippen molar-refractivity contribution in [2.45, 2.75) is 83.8 Å². The zero-order chi connectivity index (χ0) is 25.1. The Labute approximate surface area is 210 Å². The lowest BCUT2D eigenvalue weighted by Crippen LogP contribution is -2.57. The largest absolute Gasteiger partial charge is 0.456 e. The van der Waals surface area contributed by atoms with E-state index in [0.717, 1.165) is 38.0 Å². The van der Waals surface area contributed by atoms with E-state index < -0.39 is 0 Å². The molecule has 0 unspecified atom stereocenters. The highest BCUT2D eigenvalue weighted by molar-refractivity contribution is 5.96. The number of benzene rings is 2. The van der Waals surface area contributed by atoms with Crippen LogP contribution < -0.4 is 10.1 Å². The fourth-order valence-corrected chi connectivity index (χ4v) is 6.17. The number of likely N-dealkylation sites (tertiary alicyclic amines) is 1. The van der Waals surface area contributed by atoms with Crippen LogP contribution in [0, 0.1) is 17.2 Å². The topological polar surface area (TPSA) is 65.4 Å². The number of nitriles is 1. The number of hydrogen-bond donors (Lipinski definition) is 1. The van der Waals surface area contributed by atoms with Crippen LogP contribution >= 0.6 is 0 Å². The average molecular weight is 474 g/mol. The molecule has 2 fully saturated rings. The molecule has 0 atom stereocenters. The zero-order valence-electron chi connectivity index (χ0n) is 21.7. The van der Waals surface area contributed by atoms with Gasteiger partial charge in [0.15, 0.2) is 5.78 Å². The van der Waals surface area contributed by atoms with Crippen molar-refractivity contribution in [2.24, 2.45) is 5.92 Å². The van der Waals surface area contributed by atoms with Crippen molar-refractivity contribution < 1.29 is 9.53 Å². The summed E-state index contributed by atoms with van der Waals surface area (Å²) in [6.45, 7) is 11.8. The minimum Gasteiger partial charge on any atom is -0.456 e. The predicted octanol–water partition coefficient (Wildman–Crippen LogP) is 6.47. The van der Waals surface area contributed by atoms with E-state index in [4.69, 9.17) is 4.74 Å². The molecule has 2 heterocycles. The molecule has 0 bridgehead atoms. The molecule has 0 spiro atoms. The molecule has 2 aliphatic heterocycles. The molecule has 2 aliphatic rings.